The van der Waals surface area contributed by atoms with E-state index >= 15 is 0 Å². The van der Waals surface area contributed by atoms with Gasteiger partial charge in [-0.3, -0.25) is 9.36 Å². The Kier molecular flexibility index (Phi) is 11.1. The van der Waals surface area contributed by atoms with E-state index in [1.165, 1.54) is 30.2 Å². The molecule has 5 N–H and O–H groups in total. The first kappa shape index (κ1) is 37.4. The molecule has 11 nitrogen and oxygen atoms in total. The Balaban J connectivity index is 0.00000520. The van der Waals surface area contributed by atoms with Gasteiger partial charge in [0.25, 0.3) is 5.91 Å². The average Bonchev–Trinajstić information content (AvgIpc) is 3.32. The van der Waals surface area contributed by atoms with Crippen LogP contribution in [0.5, 0.6) is 5.75 Å². The first-order valence-corrected chi connectivity index (χ1v) is 17.1. The Morgan fingerprint density at radius 3 is 2.27 bits per heavy atom. The first-order chi connectivity index (χ1) is 22.1. The Morgan fingerprint density at radius 2 is 1.69 bits per heavy atom. The van der Waals surface area contributed by atoms with Crippen molar-refractivity contribution >= 4 is 49.1 Å². The fourth-order valence-electron chi connectivity index (χ4n) is 6.77. The molecule has 1 aromatic heterocycles. The van der Waals surface area contributed by atoms with Gasteiger partial charge in [0.1, 0.15) is 17.1 Å². The summed E-state index contributed by atoms with van der Waals surface area (Å²) < 4.78 is 60.5. The van der Waals surface area contributed by atoms with Crippen LogP contribution in [-0.4, -0.2) is 55.9 Å². The number of benzene rings is 2. The van der Waals surface area contributed by atoms with Crippen LogP contribution >= 0.6 is 20.0 Å². The molecular weight excluding hydrogens is 674 g/mol. The number of nitrogens with one attached hydrogen (secondary N) is 2. The van der Waals surface area contributed by atoms with Crippen molar-refractivity contribution in [3.05, 3.63) is 64.3 Å². The molecule has 3 aromatic rings. The number of ether oxygens (including phenoxy) is 1. The highest BCUT2D eigenvalue weighted by atomic mass is 35.5. The van der Waals surface area contributed by atoms with E-state index in [-0.39, 0.29) is 71.8 Å². The van der Waals surface area contributed by atoms with E-state index in [0.29, 0.717) is 31.1 Å². The lowest BCUT2D eigenvalue weighted by atomic mass is 9.80. The number of hydrogen-bond donors (Lipinski definition) is 5. The number of hydrogen-bond acceptors (Lipinski definition) is 8. The summed E-state index contributed by atoms with van der Waals surface area (Å²) in [6.07, 6.45) is -1.43. The van der Waals surface area contributed by atoms with Gasteiger partial charge in [-0.25, -0.2) is 4.98 Å². The van der Waals surface area contributed by atoms with Crippen molar-refractivity contribution in [2.75, 3.05) is 24.8 Å². The molecule has 0 saturated heterocycles. The predicted octanol–water partition coefficient (Wildman–Crippen LogP) is 7.21. The van der Waals surface area contributed by atoms with Crippen molar-refractivity contribution in [2.45, 2.75) is 82.3 Å². The first-order valence-electron chi connectivity index (χ1n) is 15.4. The van der Waals surface area contributed by atoms with E-state index < -0.39 is 30.3 Å². The number of rotatable bonds is 10. The summed E-state index contributed by atoms with van der Waals surface area (Å²) in [4.78, 5) is 43.2. The van der Waals surface area contributed by atoms with Crippen LogP contribution in [0.25, 0.3) is 0 Å². The summed E-state index contributed by atoms with van der Waals surface area (Å²) >= 11 is 0. The molecule has 262 valence electrons. The second-order valence-electron chi connectivity index (χ2n) is 12.1. The second-order valence-corrected chi connectivity index (χ2v) is 14.1. The van der Waals surface area contributed by atoms with Crippen LogP contribution in [0.1, 0.15) is 90.9 Å². The van der Waals surface area contributed by atoms with E-state index in [0.717, 1.165) is 24.0 Å². The minimum Gasteiger partial charge on any atom is -0.495 e. The molecule has 2 heterocycles. The molecule has 0 atom stereocenters. The zero-order valence-corrected chi connectivity index (χ0v) is 28.7. The molecule has 1 aliphatic carbocycles. The maximum absolute atomic E-state index is 14.2. The SMILES string of the molecule is CCC(CC)(c1ccc(Nc2ncc(C(F)(F)F)c(Nc3ccc([C@H]4CC[C@H](O)CC4)c4c3C(=O)N(C)C4)n2)c(OC)c1)P(=O)(O)O.Cl. The number of aliphatic hydroxyl groups excluding tert-OH is 1. The predicted molar refractivity (Wildman–Crippen MR) is 178 cm³/mol. The van der Waals surface area contributed by atoms with Gasteiger partial charge in [-0.1, -0.05) is 26.0 Å². The monoisotopic (exact) mass is 713 g/mol. The van der Waals surface area contributed by atoms with Crippen molar-refractivity contribution < 1.29 is 42.2 Å². The molecule has 5 rings (SSSR count). The minimum atomic E-state index is -4.82. The van der Waals surface area contributed by atoms with Crippen molar-refractivity contribution in [2.24, 2.45) is 0 Å². The van der Waals surface area contributed by atoms with E-state index in [4.69, 9.17) is 4.74 Å². The number of carbonyl (C=O) groups excluding carboxylic acids is 1. The molecule has 1 amide bonds. The molecule has 1 aliphatic heterocycles. The van der Waals surface area contributed by atoms with E-state index in [1.807, 2.05) is 6.07 Å². The third-order valence-electron chi connectivity index (χ3n) is 9.50. The van der Waals surface area contributed by atoms with Crippen LogP contribution in [0.4, 0.5) is 36.3 Å². The highest BCUT2D eigenvalue weighted by molar-refractivity contribution is 7.53. The van der Waals surface area contributed by atoms with Crippen LogP contribution in [0.15, 0.2) is 36.5 Å². The van der Waals surface area contributed by atoms with Crippen molar-refractivity contribution in [1.29, 1.82) is 0 Å². The highest BCUT2D eigenvalue weighted by Gasteiger charge is 2.45. The Hall–Kier alpha value is -3.42. The van der Waals surface area contributed by atoms with Crippen molar-refractivity contribution in [3.8, 4) is 5.75 Å². The number of aromatic nitrogens is 2. The summed E-state index contributed by atoms with van der Waals surface area (Å²) in [6, 6.07) is 7.95. The fourth-order valence-corrected chi connectivity index (χ4v) is 8.07. The lowest BCUT2D eigenvalue weighted by Crippen LogP contribution is -2.24. The zero-order valence-electron chi connectivity index (χ0n) is 27.0. The zero-order chi connectivity index (χ0) is 34.3. The molecule has 0 bridgehead atoms. The summed E-state index contributed by atoms with van der Waals surface area (Å²) in [7, 11) is -1.59. The number of aliphatic hydroxyl groups is 1. The van der Waals surface area contributed by atoms with Gasteiger partial charge in [0, 0.05) is 19.8 Å². The summed E-state index contributed by atoms with van der Waals surface area (Å²) in [5.41, 5.74) is 1.65. The molecule has 2 aliphatic rings. The molecule has 0 spiro atoms. The number of amides is 1. The number of halogens is 4. The van der Waals surface area contributed by atoms with Crippen LogP contribution < -0.4 is 15.4 Å². The normalized spacial score (nSPS) is 18.3. The van der Waals surface area contributed by atoms with Gasteiger partial charge in [0.2, 0.25) is 5.95 Å². The molecule has 1 fully saturated rings. The average molecular weight is 714 g/mol. The minimum absolute atomic E-state index is 0. The number of alkyl halides is 3. The number of methoxy groups -OCH3 is 1. The number of carbonyl (C=O) groups is 1. The molecule has 48 heavy (non-hydrogen) atoms. The molecular formula is C32H40ClF3N5O6P. The molecule has 16 heteroatoms. The van der Waals surface area contributed by atoms with Crippen LogP contribution in [0.2, 0.25) is 0 Å². The summed E-state index contributed by atoms with van der Waals surface area (Å²) in [6.45, 7) is 3.68. The quantitative estimate of drug-likeness (QED) is 0.136. The Morgan fingerprint density at radius 1 is 1.04 bits per heavy atom. The maximum Gasteiger partial charge on any atom is 0.421 e. The number of nitrogens with zero attached hydrogens (tertiary/aromatic N) is 3. The highest BCUT2D eigenvalue weighted by Crippen LogP contribution is 2.61. The number of fused-ring (bicyclic) bond motifs is 1. The fraction of sp³-hybridized carbons (Fsp3) is 0.469. The molecule has 2 aromatic carbocycles. The van der Waals surface area contributed by atoms with Gasteiger partial charge < -0.3 is 35.2 Å². The third-order valence-corrected chi connectivity index (χ3v) is 11.5. The third kappa shape index (κ3) is 7.00. The Labute approximate surface area is 282 Å². The lowest BCUT2D eigenvalue weighted by molar-refractivity contribution is -0.137. The van der Waals surface area contributed by atoms with Gasteiger partial charge >= 0.3 is 13.8 Å². The van der Waals surface area contributed by atoms with Crippen molar-refractivity contribution in [1.82, 2.24) is 14.9 Å². The summed E-state index contributed by atoms with van der Waals surface area (Å²) in [5.74, 6) is -0.796. The van der Waals surface area contributed by atoms with Crippen LogP contribution in [-0.2, 0) is 22.4 Å². The van der Waals surface area contributed by atoms with Gasteiger partial charge in [-0.05, 0) is 79.3 Å². The van der Waals surface area contributed by atoms with Crippen LogP contribution in [0.3, 0.4) is 0 Å². The van der Waals surface area contributed by atoms with Crippen LogP contribution in [0, 0.1) is 0 Å². The number of anilines is 4. The standard InChI is InChI=1S/C32H39F3N5O6P.ClH/c1-5-31(6-2,47(43,44)45)19-9-13-24(26(15-19)46-4)38-30-36-16-23(32(33,34)35)28(39-30)37-25-14-12-21(18-7-10-20(41)11-8-18)22-17-40(3)29(42)27(22)25;/h9,12-16,18,20,41H,5-8,10-11,17H2,1-4H3,(H2,43,44,45)(H2,36,37,38,39);1H/t18-,20-;. The molecule has 0 unspecified atom stereocenters. The molecule has 1 saturated carbocycles. The smallest absolute Gasteiger partial charge is 0.421 e. The van der Waals surface area contributed by atoms with Gasteiger partial charge in [-0.2, -0.15) is 18.2 Å². The maximum atomic E-state index is 14.2. The van der Waals surface area contributed by atoms with Gasteiger partial charge in [0.05, 0.1) is 35.3 Å². The topological polar surface area (TPSA) is 157 Å². The lowest BCUT2D eigenvalue weighted by Gasteiger charge is -2.33. The largest absolute Gasteiger partial charge is 0.495 e. The van der Waals surface area contributed by atoms with E-state index in [2.05, 4.69) is 20.6 Å². The van der Waals surface area contributed by atoms with E-state index in [1.54, 1.807) is 27.0 Å². The Bertz CT molecular complexity index is 1710. The van der Waals surface area contributed by atoms with Crippen molar-refractivity contribution in [3.63, 3.8) is 0 Å². The second kappa shape index (κ2) is 14.2. The summed E-state index contributed by atoms with van der Waals surface area (Å²) in [5, 5.41) is 14.2. The van der Waals surface area contributed by atoms with Gasteiger partial charge in [0.15, 0.2) is 0 Å². The van der Waals surface area contributed by atoms with E-state index in [9.17, 15) is 37.4 Å². The molecule has 0 radical (unpaired) electrons. The van der Waals surface area contributed by atoms with Gasteiger partial charge in [-0.15, -0.1) is 12.4 Å².